The lowest BCUT2D eigenvalue weighted by Gasteiger charge is -2.40. The number of aliphatic carboxylic acids is 1. The molecule has 0 aliphatic carbocycles. The Kier molecular flexibility index (Phi) is 4.59. The minimum atomic E-state index is -0.765. The molecule has 5 heteroatoms. The summed E-state index contributed by atoms with van der Waals surface area (Å²) in [6.45, 7) is 6.73. The van der Waals surface area contributed by atoms with Crippen molar-refractivity contribution in [2.45, 2.75) is 46.1 Å². The standard InChI is InChI=1S/C13H23NO4/c1-13(2,3)8-10-7-9(11(15)16)5-6-14(10)12(17)18-4/h9-10H,5-8H2,1-4H3,(H,15,16). The highest BCUT2D eigenvalue weighted by Gasteiger charge is 2.36. The second-order valence-electron chi connectivity index (χ2n) is 6.14. The molecule has 0 saturated carbocycles. The van der Waals surface area contributed by atoms with Gasteiger partial charge in [0.25, 0.3) is 0 Å². The highest BCUT2D eigenvalue weighted by molar-refractivity contribution is 5.72. The number of hydrogen-bond donors (Lipinski definition) is 1. The monoisotopic (exact) mass is 257 g/mol. The number of amides is 1. The van der Waals surface area contributed by atoms with Crippen LogP contribution in [0.5, 0.6) is 0 Å². The summed E-state index contributed by atoms with van der Waals surface area (Å²) in [5.41, 5.74) is 0.0529. The molecule has 0 bridgehead atoms. The van der Waals surface area contributed by atoms with E-state index in [0.29, 0.717) is 19.4 Å². The number of methoxy groups -OCH3 is 1. The van der Waals surface area contributed by atoms with Crippen molar-refractivity contribution >= 4 is 12.1 Å². The lowest BCUT2D eigenvalue weighted by molar-refractivity contribution is -0.144. The predicted molar refractivity (Wildman–Crippen MR) is 67.3 cm³/mol. The Morgan fingerprint density at radius 3 is 2.44 bits per heavy atom. The number of rotatable bonds is 2. The SMILES string of the molecule is COC(=O)N1CCC(C(=O)O)CC1CC(C)(C)C. The minimum absolute atomic E-state index is 0.0488. The van der Waals surface area contributed by atoms with Crippen LogP contribution < -0.4 is 0 Å². The van der Waals surface area contributed by atoms with Crippen LogP contribution in [0.2, 0.25) is 0 Å². The normalized spacial score (nSPS) is 24.8. The molecule has 1 fully saturated rings. The molecule has 1 aliphatic rings. The first-order chi connectivity index (χ1) is 8.24. The van der Waals surface area contributed by atoms with Gasteiger partial charge in [-0.2, -0.15) is 0 Å². The first-order valence-electron chi connectivity index (χ1n) is 6.32. The zero-order valence-electron chi connectivity index (χ0n) is 11.6. The molecule has 1 amide bonds. The summed E-state index contributed by atoms with van der Waals surface area (Å²) in [6.07, 6.45) is 1.45. The Bertz CT molecular complexity index is 321. The van der Waals surface area contributed by atoms with Crippen molar-refractivity contribution < 1.29 is 19.4 Å². The number of carboxylic acid groups (broad SMARTS) is 1. The van der Waals surface area contributed by atoms with E-state index in [4.69, 9.17) is 9.84 Å². The molecule has 18 heavy (non-hydrogen) atoms. The molecule has 0 radical (unpaired) electrons. The summed E-state index contributed by atoms with van der Waals surface area (Å²) >= 11 is 0. The van der Waals surface area contributed by atoms with Crippen LogP contribution in [-0.2, 0) is 9.53 Å². The average molecular weight is 257 g/mol. The van der Waals surface area contributed by atoms with Gasteiger partial charge in [-0.15, -0.1) is 0 Å². The third kappa shape index (κ3) is 3.89. The fraction of sp³-hybridized carbons (Fsp3) is 0.846. The third-order valence-electron chi connectivity index (χ3n) is 3.32. The Balaban J connectivity index is 2.79. The van der Waals surface area contributed by atoms with E-state index < -0.39 is 5.97 Å². The largest absolute Gasteiger partial charge is 0.481 e. The van der Waals surface area contributed by atoms with E-state index in [-0.39, 0.29) is 23.5 Å². The van der Waals surface area contributed by atoms with Crippen molar-refractivity contribution in [3.8, 4) is 0 Å². The van der Waals surface area contributed by atoms with Gasteiger partial charge in [0, 0.05) is 12.6 Å². The second kappa shape index (κ2) is 5.59. The lowest BCUT2D eigenvalue weighted by Crippen LogP contribution is -2.48. The first kappa shape index (κ1) is 14.8. The molecule has 0 aromatic heterocycles. The van der Waals surface area contributed by atoms with Gasteiger partial charge < -0.3 is 14.7 Å². The fourth-order valence-corrected chi connectivity index (χ4v) is 2.53. The number of carbonyl (C=O) groups is 2. The molecule has 0 aromatic carbocycles. The maximum atomic E-state index is 11.7. The number of carbonyl (C=O) groups excluding carboxylic acids is 1. The van der Waals surface area contributed by atoms with Crippen LogP contribution in [-0.4, -0.2) is 41.8 Å². The van der Waals surface area contributed by atoms with Gasteiger partial charge in [-0.25, -0.2) is 4.79 Å². The zero-order valence-corrected chi connectivity index (χ0v) is 11.6. The van der Waals surface area contributed by atoms with E-state index in [1.54, 1.807) is 4.90 Å². The van der Waals surface area contributed by atoms with Crippen molar-refractivity contribution in [3.63, 3.8) is 0 Å². The van der Waals surface area contributed by atoms with Crippen molar-refractivity contribution in [2.75, 3.05) is 13.7 Å². The van der Waals surface area contributed by atoms with Crippen LogP contribution in [0.15, 0.2) is 0 Å². The van der Waals surface area contributed by atoms with Gasteiger partial charge in [-0.1, -0.05) is 20.8 Å². The molecule has 1 aliphatic heterocycles. The molecule has 1 heterocycles. The Hall–Kier alpha value is -1.26. The Morgan fingerprint density at radius 2 is 2.00 bits per heavy atom. The molecular weight excluding hydrogens is 234 g/mol. The Labute approximate surface area is 108 Å². The van der Waals surface area contributed by atoms with E-state index in [0.717, 1.165) is 6.42 Å². The topological polar surface area (TPSA) is 66.8 Å². The summed E-state index contributed by atoms with van der Waals surface area (Å²) in [7, 11) is 1.36. The summed E-state index contributed by atoms with van der Waals surface area (Å²) in [4.78, 5) is 24.4. The zero-order chi connectivity index (χ0) is 13.9. The van der Waals surface area contributed by atoms with Gasteiger partial charge >= 0.3 is 12.1 Å². The first-order valence-corrected chi connectivity index (χ1v) is 6.32. The maximum absolute atomic E-state index is 11.7. The van der Waals surface area contributed by atoms with Crippen molar-refractivity contribution in [3.05, 3.63) is 0 Å². The predicted octanol–water partition coefficient (Wildman–Crippen LogP) is 2.35. The van der Waals surface area contributed by atoms with Gasteiger partial charge in [0.05, 0.1) is 13.0 Å². The summed E-state index contributed by atoms with van der Waals surface area (Å²) in [5, 5.41) is 9.10. The van der Waals surface area contributed by atoms with Crippen LogP contribution in [0.1, 0.15) is 40.0 Å². The van der Waals surface area contributed by atoms with Gasteiger partial charge in [0.1, 0.15) is 0 Å². The van der Waals surface area contributed by atoms with Gasteiger partial charge in [0.2, 0.25) is 0 Å². The van der Waals surface area contributed by atoms with Crippen LogP contribution in [0.4, 0.5) is 4.79 Å². The number of hydrogen-bond acceptors (Lipinski definition) is 3. The summed E-state index contributed by atoms with van der Waals surface area (Å²) in [6, 6.07) is -0.0488. The van der Waals surface area contributed by atoms with Crippen LogP contribution in [0.3, 0.4) is 0 Å². The average Bonchev–Trinajstić information content (AvgIpc) is 2.25. The van der Waals surface area contributed by atoms with Crippen LogP contribution in [0.25, 0.3) is 0 Å². The molecule has 104 valence electrons. The van der Waals surface area contributed by atoms with E-state index in [2.05, 4.69) is 20.8 Å². The molecule has 1 rings (SSSR count). The summed E-state index contributed by atoms with van der Waals surface area (Å²) < 4.78 is 4.77. The van der Waals surface area contributed by atoms with E-state index in [1.807, 2.05) is 0 Å². The Morgan fingerprint density at radius 1 is 1.39 bits per heavy atom. The third-order valence-corrected chi connectivity index (χ3v) is 3.32. The van der Waals surface area contributed by atoms with E-state index >= 15 is 0 Å². The number of likely N-dealkylation sites (tertiary alicyclic amines) is 1. The number of carboxylic acids is 1. The van der Waals surface area contributed by atoms with Gasteiger partial charge in [-0.3, -0.25) is 4.79 Å². The molecule has 5 nitrogen and oxygen atoms in total. The molecule has 2 unspecified atom stereocenters. The molecule has 0 spiro atoms. The smallest absolute Gasteiger partial charge is 0.409 e. The van der Waals surface area contributed by atoms with Gasteiger partial charge in [0.15, 0.2) is 0 Å². The molecule has 1 saturated heterocycles. The summed E-state index contributed by atoms with van der Waals surface area (Å²) in [5.74, 6) is -1.11. The lowest BCUT2D eigenvalue weighted by atomic mass is 9.81. The number of piperidine rings is 1. The number of ether oxygens (including phenoxy) is 1. The highest BCUT2D eigenvalue weighted by atomic mass is 16.5. The minimum Gasteiger partial charge on any atom is -0.481 e. The van der Waals surface area contributed by atoms with E-state index in [9.17, 15) is 9.59 Å². The quantitative estimate of drug-likeness (QED) is 0.824. The molecule has 1 N–H and O–H groups in total. The fourth-order valence-electron chi connectivity index (χ4n) is 2.53. The highest BCUT2D eigenvalue weighted by Crippen LogP contribution is 2.32. The second-order valence-corrected chi connectivity index (χ2v) is 6.14. The van der Waals surface area contributed by atoms with Crippen molar-refractivity contribution in [2.24, 2.45) is 11.3 Å². The van der Waals surface area contributed by atoms with Crippen LogP contribution in [0, 0.1) is 11.3 Å². The van der Waals surface area contributed by atoms with Crippen molar-refractivity contribution in [1.82, 2.24) is 4.90 Å². The molecule has 0 aromatic rings. The van der Waals surface area contributed by atoms with Gasteiger partial charge in [-0.05, 0) is 24.7 Å². The van der Waals surface area contributed by atoms with Crippen LogP contribution >= 0.6 is 0 Å². The van der Waals surface area contributed by atoms with E-state index in [1.165, 1.54) is 7.11 Å². The molecular formula is C13H23NO4. The maximum Gasteiger partial charge on any atom is 0.409 e. The number of nitrogens with zero attached hydrogens (tertiary/aromatic N) is 1. The van der Waals surface area contributed by atoms with Crippen molar-refractivity contribution in [1.29, 1.82) is 0 Å². The molecule has 2 atom stereocenters.